The third kappa shape index (κ3) is 9.03. The Morgan fingerprint density at radius 1 is 1.25 bits per heavy atom. The van der Waals surface area contributed by atoms with E-state index in [1.54, 1.807) is 0 Å². The second kappa shape index (κ2) is 9.61. The minimum atomic E-state index is -0.292. The summed E-state index contributed by atoms with van der Waals surface area (Å²) in [6, 6.07) is 0. The van der Waals surface area contributed by atoms with E-state index < -0.39 is 0 Å². The Labute approximate surface area is 86.2 Å². The molecule has 4 heavy (non-hydrogen) atoms. The van der Waals surface area contributed by atoms with Gasteiger partial charge in [-0.25, -0.2) is 0 Å². The molecule has 0 aromatic carbocycles. The van der Waals surface area contributed by atoms with Crippen molar-refractivity contribution in [2.45, 2.75) is 0 Å². The molecule has 0 N–H and O–H groups in total. The number of halogens is 2. The molecule has 0 aromatic heterocycles. The molecule has 0 nitrogen and oxygen atoms in total. The first-order valence-electron chi connectivity index (χ1n) is 0.378. The van der Waals surface area contributed by atoms with Gasteiger partial charge in [-0.1, -0.05) is 0 Å². The molecule has 0 saturated heterocycles. The van der Waals surface area contributed by atoms with Gasteiger partial charge in [0.2, 0.25) is 0 Å². The molecule has 4 heteroatoms. The van der Waals surface area contributed by atoms with Crippen LogP contribution in [0.2, 0.25) is 0 Å². The van der Waals surface area contributed by atoms with Crippen molar-refractivity contribution in [1.29, 1.82) is 0 Å². The van der Waals surface area contributed by atoms with E-state index in [0.717, 1.165) is 0 Å². The molecular weight excluding hydrogens is 455 g/mol. The number of hydrogen-bond acceptors (Lipinski definition) is 0. The monoisotopic (exact) mass is 456 g/mol. The van der Waals surface area contributed by atoms with Gasteiger partial charge in [0.1, 0.15) is 0 Å². The molecule has 0 saturated carbocycles. The quantitative estimate of drug-likeness (QED) is 0.463. The molecule has 0 amide bonds. The van der Waals surface area contributed by atoms with Crippen molar-refractivity contribution in [3.05, 3.63) is 0 Å². The molecule has 0 aliphatic carbocycles. The Bertz CT molecular complexity index is 6.00. The van der Waals surface area contributed by atoms with Gasteiger partial charge in [-0.15, -0.1) is 0 Å². The molecule has 2 radical (unpaired) electrons. The van der Waals surface area contributed by atoms with E-state index in [-0.39, 0.29) is 64.9 Å². The van der Waals surface area contributed by atoms with Gasteiger partial charge in [-0.3, -0.25) is 0 Å². The first-order valence-corrected chi connectivity index (χ1v) is 17.2. The predicted octanol–water partition coefficient (Wildman–Crippen LogP) is 0.394. The zero-order chi connectivity index (χ0) is 2.71. The first-order chi connectivity index (χ1) is 1.41. The van der Waals surface area contributed by atoms with Crippen molar-refractivity contribution in [2.75, 3.05) is 0 Å². The Balaban J connectivity index is 0. The summed E-state index contributed by atoms with van der Waals surface area (Å²) in [5.41, 5.74) is 0. The van der Waals surface area contributed by atoms with Gasteiger partial charge in [0, 0.05) is 0 Å². The summed E-state index contributed by atoms with van der Waals surface area (Å²) in [6.45, 7) is 0. The standard InChI is InChI=1S/2BrH.Pb.Sr.2H/h2*1H;;;;/q;;+2;;;/p-2. The molecule has 22 valence electrons. The van der Waals surface area contributed by atoms with Gasteiger partial charge in [-0.2, -0.15) is 0 Å². The van der Waals surface area contributed by atoms with Crippen LogP contribution in [0.4, 0.5) is 0 Å². The van der Waals surface area contributed by atoms with Crippen molar-refractivity contribution in [3.8, 4) is 0 Å². The summed E-state index contributed by atoms with van der Waals surface area (Å²) in [4.78, 5) is 0. The van der Waals surface area contributed by atoms with Crippen LogP contribution in [0.3, 0.4) is 0 Å². The van der Waals surface area contributed by atoms with Gasteiger partial charge < -0.3 is 0 Å². The zero-order valence-corrected chi connectivity index (χ0v) is 8.32. The van der Waals surface area contributed by atoms with Crippen molar-refractivity contribution in [3.63, 3.8) is 0 Å². The minimum absolute atomic E-state index is 0. The van der Waals surface area contributed by atoms with E-state index in [1.807, 2.05) is 0 Å². The van der Waals surface area contributed by atoms with E-state index in [4.69, 9.17) is 0 Å². The van der Waals surface area contributed by atoms with Crippen molar-refractivity contribution < 1.29 is 0 Å². The average molecular weight is 457 g/mol. The van der Waals surface area contributed by atoms with Crippen LogP contribution in [0, 0.1) is 0 Å². The normalized spacial score (nSPS) is 4.50. The van der Waals surface area contributed by atoms with Crippen LogP contribution >= 0.6 is 24.0 Å². The van der Waals surface area contributed by atoms with E-state index in [2.05, 4.69) is 24.0 Å². The Kier molecular flexibility index (Phi) is 24.9. The molecule has 0 atom stereocenters. The fourth-order valence-electron chi connectivity index (χ4n) is 0. The van der Waals surface area contributed by atoms with Crippen LogP contribution in [0.15, 0.2) is 0 Å². The first kappa shape index (κ1) is 10.4. The molecule has 0 spiro atoms. The Hall–Kier alpha value is 3.36. The van der Waals surface area contributed by atoms with Gasteiger partial charge >= 0.3 is 88.9 Å². The molecule has 0 aromatic rings. The summed E-state index contributed by atoms with van der Waals surface area (Å²) < 4.78 is 0. The summed E-state index contributed by atoms with van der Waals surface area (Å²) in [5, 5.41) is 0. The van der Waals surface area contributed by atoms with Gasteiger partial charge in [0.05, 0.1) is 0 Å². The van der Waals surface area contributed by atoms with Crippen molar-refractivity contribution in [1.82, 2.24) is 0 Å². The van der Waals surface area contributed by atoms with Crippen LogP contribution in [-0.4, -0.2) is 64.9 Å². The van der Waals surface area contributed by atoms with Gasteiger partial charge in [0.25, 0.3) is 0 Å². The Morgan fingerprint density at radius 3 is 1.25 bits per heavy atom. The van der Waals surface area contributed by atoms with Crippen molar-refractivity contribution in [2.24, 2.45) is 0 Å². The topological polar surface area (TPSA) is 0 Å². The summed E-state index contributed by atoms with van der Waals surface area (Å²) in [5.74, 6) is 0. The maximum absolute atomic E-state index is 3.26. The summed E-state index contributed by atoms with van der Waals surface area (Å²) >= 11 is 6.22. The van der Waals surface area contributed by atoms with Crippen LogP contribution in [0.25, 0.3) is 0 Å². The van der Waals surface area contributed by atoms with Crippen LogP contribution in [0.1, 0.15) is 0 Å². The van der Waals surface area contributed by atoms with Crippen LogP contribution < -0.4 is 0 Å². The predicted molar refractivity (Wildman–Crippen MR) is 32.2 cm³/mol. The number of hydrogen-bond donors (Lipinski definition) is 0. The molecule has 0 unspecified atom stereocenters. The molecule has 0 heterocycles. The van der Waals surface area contributed by atoms with Gasteiger partial charge in [-0.05, 0) is 0 Å². The average Bonchev–Trinajstić information content (AvgIpc) is 0.918. The van der Waals surface area contributed by atoms with E-state index in [1.165, 1.54) is 0 Å². The van der Waals surface area contributed by atoms with E-state index >= 15 is 0 Å². The maximum atomic E-state index is 3.26. The molecule has 0 fully saturated rings. The SMILES string of the molecule is [Br][Pb][Br].[SrH2]. The zero-order valence-electron chi connectivity index (χ0n) is 1.26. The fraction of sp³-hybridized carbons (Fsp3) is 0. The van der Waals surface area contributed by atoms with Crippen molar-refractivity contribution >= 4 is 88.9 Å². The fourth-order valence-corrected chi connectivity index (χ4v) is 0. The second-order valence-electron chi connectivity index (χ2n) is 0.0714. The van der Waals surface area contributed by atoms with E-state index in [9.17, 15) is 0 Å². The molecule has 0 aliphatic rings. The summed E-state index contributed by atoms with van der Waals surface area (Å²) in [6.07, 6.45) is 0. The second-order valence-corrected chi connectivity index (χ2v) is 16.9. The summed E-state index contributed by atoms with van der Waals surface area (Å²) in [7, 11) is 0. The van der Waals surface area contributed by atoms with Gasteiger partial charge in [0.15, 0.2) is 0 Å². The third-order valence-electron chi connectivity index (χ3n) is 0. The number of rotatable bonds is 0. The van der Waals surface area contributed by atoms with Crippen LogP contribution in [-0.2, 0) is 0 Å². The third-order valence-corrected chi connectivity index (χ3v) is 0. The van der Waals surface area contributed by atoms with E-state index in [0.29, 0.717) is 0 Å². The molecular formula is H2Br2PbSr. The Morgan fingerprint density at radius 2 is 1.25 bits per heavy atom. The van der Waals surface area contributed by atoms with Crippen LogP contribution in [0.5, 0.6) is 0 Å². The molecule has 0 aliphatic heterocycles. The molecule has 0 rings (SSSR count). The molecule has 0 bridgehead atoms.